The lowest BCUT2D eigenvalue weighted by Gasteiger charge is -2.07. The minimum Gasteiger partial charge on any atom is -0.447 e. The lowest BCUT2D eigenvalue weighted by molar-refractivity contribution is 0.391. The van der Waals surface area contributed by atoms with Crippen molar-refractivity contribution < 1.29 is 12.8 Å². The summed E-state index contributed by atoms with van der Waals surface area (Å²) in [5.74, 6) is 0.590. The molecule has 0 spiro atoms. The molecule has 1 heterocycles. The van der Waals surface area contributed by atoms with Gasteiger partial charge in [0.1, 0.15) is 5.76 Å². The lowest BCUT2D eigenvalue weighted by atomic mass is 10.3. The Balaban J connectivity index is 2.69. The highest BCUT2D eigenvalue weighted by atomic mass is 32.2. The van der Waals surface area contributed by atoms with E-state index in [9.17, 15) is 8.42 Å². The van der Waals surface area contributed by atoms with Crippen LogP contribution < -0.4 is 5.32 Å². The fraction of sp³-hybridized carbons (Fsp3) is 0.455. The van der Waals surface area contributed by atoms with Gasteiger partial charge in [-0.2, -0.15) is 0 Å². The highest BCUT2D eigenvalue weighted by Crippen LogP contribution is 2.16. The van der Waals surface area contributed by atoms with Crippen LogP contribution in [0.3, 0.4) is 0 Å². The van der Waals surface area contributed by atoms with Gasteiger partial charge in [-0.3, -0.25) is 0 Å². The van der Waals surface area contributed by atoms with Gasteiger partial charge in [-0.05, 0) is 19.1 Å². The summed E-state index contributed by atoms with van der Waals surface area (Å²) in [6, 6.07) is 3.12. The fourth-order valence-corrected chi connectivity index (χ4v) is 1.98. The molecule has 1 N–H and O–H groups in total. The molecule has 0 aliphatic rings. The van der Waals surface area contributed by atoms with Crippen molar-refractivity contribution in [2.24, 2.45) is 0 Å². The highest BCUT2D eigenvalue weighted by molar-refractivity contribution is 7.88. The number of rotatable bonds is 6. The third-order valence-corrected chi connectivity index (χ3v) is 3.79. The molecule has 17 heavy (non-hydrogen) atoms. The molecule has 5 nitrogen and oxygen atoms in total. The van der Waals surface area contributed by atoms with Gasteiger partial charge in [-0.15, -0.1) is 0 Å². The average molecular weight is 258 g/mol. The van der Waals surface area contributed by atoms with Crippen LogP contribution in [-0.4, -0.2) is 33.4 Å². The van der Waals surface area contributed by atoms with E-state index in [1.807, 2.05) is 6.92 Å². The van der Waals surface area contributed by atoms with Crippen LogP contribution in [0.5, 0.6) is 0 Å². The van der Waals surface area contributed by atoms with Crippen LogP contribution in [0.25, 0.3) is 0 Å². The van der Waals surface area contributed by atoms with Crippen LogP contribution in [-0.2, 0) is 16.6 Å². The molecule has 1 aromatic heterocycles. The Morgan fingerprint density at radius 1 is 1.47 bits per heavy atom. The van der Waals surface area contributed by atoms with Crippen molar-refractivity contribution in [1.29, 1.82) is 0 Å². The second-order valence-electron chi connectivity index (χ2n) is 4.07. The smallest absolute Gasteiger partial charge is 0.275 e. The van der Waals surface area contributed by atoms with Crippen molar-refractivity contribution in [3.8, 4) is 0 Å². The zero-order valence-electron chi connectivity index (χ0n) is 10.4. The van der Waals surface area contributed by atoms with E-state index in [0.29, 0.717) is 18.8 Å². The van der Waals surface area contributed by atoms with Crippen LogP contribution in [0.1, 0.15) is 12.7 Å². The van der Waals surface area contributed by atoms with Crippen LogP contribution in [0.4, 0.5) is 0 Å². The van der Waals surface area contributed by atoms with Crippen LogP contribution in [0.2, 0.25) is 0 Å². The molecule has 0 saturated heterocycles. The van der Waals surface area contributed by atoms with E-state index in [-0.39, 0.29) is 5.09 Å². The molecule has 0 bridgehead atoms. The maximum Gasteiger partial charge on any atom is 0.275 e. The topological polar surface area (TPSA) is 62.6 Å². The minimum atomic E-state index is -3.48. The Morgan fingerprint density at radius 3 is 2.65 bits per heavy atom. The Morgan fingerprint density at radius 2 is 2.12 bits per heavy atom. The van der Waals surface area contributed by atoms with E-state index in [1.54, 1.807) is 6.07 Å². The standard InChI is InChI=1S/C11H18N2O3S/c1-9(2)7-12-8-10-5-6-11(16-10)17(14,15)13(3)4/h5-6,12H,1,7-8H2,2-4H3. The summed E-state index contributed by atoms with van der Waals surface area (Å²) in [7, 11) is -0.538. The van der Waals surface area contributed by atoms with E-state index in [2.05, 4.69) is 11.9 Å². The van der Waals surface area contributed by atoms with Crippen molar-refractivity contribution in [3.63, 3.8) is 0 Å². The molecule has 1 aromatic rings. The number of nitrogens with zero attached hydrogens (tertiary/aromatic N) is 1. The first kappa shape index (κ1) is 14.0. The number of sulfonamides is 1. The number of furan rings is 1. The summed E-state index contributed by atoms with van der Waals surface area (Å²) in [5.41, 5.74) is 1.01. The van der Waals surface area contributed by atoms with Crippen molar-refractivity contribution in [2.45, 2.75) is 18.6 Å². The maximum absolute atomic E-state index is 11.7. The third-order valence-electron chi connectivity index (χ3n) is 2.10. The van der Waals surface area contributed by atoms with E-state index in [4.69, 9.17) is 4.42 Å². The molecule has 0 radical (unpaired) electrons. The van der Waals surface area contributed by atoms with Gasteiger partial charge >= 0.3 is 0 Å². The van der Waals surface area contributed by atoms with Gasteiger partial charge in [0.05, 0.1) is 6.54 Å². The van der Waals surface area contributed by atoms with Crippen LogP contribution >= 0.6 is 0 Å². The molecular formula is C11H18N2O3S. The molecule has 6 heteroatoms. The highest BCUT2D eigenvalue weighted by Gasteiger charge is 2.21. The molecule has 96 valence electrons. The summed E-state index contributed by atoms with van der Waals surface area (Å²) in [5, 5.41) is 3.06. The number of hydrogen-bond donors (Lipinski definition) is 1. The summed E-state index contributed by atoms with van der Waals surface area (Å²) in [6.07, 6.45) is 0. The first-order chi connectivity index (χ1) is 7.84. The van der Waals surface area contributed by atoms with E-state index < -0.39 is 10.0 Å². The number of nitrogens with one attached hydrogen (secondary N) is 1. The Kier molecular flexibility index (Phi) is 4.50. The van der Waals surface area contributed by atoms with E-state index in [1.165, 1.54) is 20.2 Å². The molecular weight excluding hydrogens is 240 g/mol. The molecule has 0 fully saturated rings. The largest absolute Gasteiger partial charge is 0.447 e. The normalized spacial score (nSPS) is 12.0. The first-order valence-corrected chi connectivity index (χ1v) is 6.64. The summed E-state index contributed by atoms with van der Waals surface area (Å²) in [6.45, 7) is 6.83. The van der Waals surface area contributed by atoms with E-state index >= 15 is 0 Å². The van der Waals surface area contributed by atoms with E-state index in [0.717, 1.165) is 9.88 Å². The van der Waals surface area contributed by atoms with Crippen molar-refractivity contribution in [2.75, 3.05) is 20.6 Å². The third kappa shape index (κ3) is 3.69. The van der Waals surface area contributed by atoms with Gasteiger partial charge in [-0.1, -0.05) is 12.2 Å². The van der Waals surface area contributed by atoms with Gasteiger partial charge in [0.2, 0.25) is 5.09 Å². The Bertz CT molecular complexity index is 489. The summed E-state index contributed by atoms with van der Waals surface area (Å²) >= 11 is 0. The molecule has 1 rings (SSSR count). The van der Waals surface area contributed by atoms with Crippen molar-refractivity contribution >= 4 is 10.0 Å². The summed E-state index contributed by atoms with van der Waals surface area (Å²) < 4.78 is 29.8. The van der Waals surface area contributed by atoms with Gasteiger partial charge in [0, 0.05) is 20.6 Å². The van der Waals surface area contributed by atoms with Crippen molar-refractivity contribution in [3.05, 3.63) is 30.0 Å². The predicted molar refractivity (Wildman–Crippen MR) is 66.1 cm³/mol. The van der Waals surface area contributed by atoms with Gasteiger partial charge in [-0.25, -0.2) is 12.7 Å². The van der Waals surface area contributed by atoms with Gasteiger partial charge in [0.25, 0.3) is 10.0 Å². The zero-order chi connectivity index (χ0) is 13.1. The average Bonchev–Trinajstić information content (AvgIpc) is 2.66. The second kappa shape index (κ2) is 5.48. The fourth-order valence-electron chi connectivity index (χ4n) is 1.17. The summed E-state index contributed by atoms with van der Waals surface area (Å²) in [4.78, 5) is 0. The Hall–Kier alpha value is -1.11. The SMILES string of the molecule is C=C(C)CNCc1ccc(S(=O)(=O)N(C)C)o1. The lowest BCUT2D eigenvalue weighted by Crippen LogP contribution is -2.21. The van der Waals surface area contributed by atoms with Crippen LogP contribution in [0, 0.1) is 0 Å². The molecule has 0 amide bonds. The van der Waals surface area contributed by atoms with Gasteiger partial charge < -0.3 is 9.73 Å². The van der Waals surface area contributed by atoms with Crippen LogP contribution in [0.15, 0.2) is 33.8 Å². The Labute approximate surface area is 102 Å². The molecule has 0 aromatic carbocycles. The monoisotopic (exact) mass is 258 g/mol. The molecule has 0 unspecified atom stereocenters. The number of hydrogen-bond acceptors (Lipinski definition) is 4. The molecule has 0 aliphatic carbocycles. The second-order valence-corrected chi connectivity index (χ2v) is 6.15. The molecule has 0 aliphatic heterocycles. The first-order valence-electron chi connectivity index (χ1n) is 5.20. The minimum absolute atomic E-state index is 0.0328. The quantitative estimate of drug-likeness (QED) is 0.779. The predicted octanol–water partition coefficient (Wildman–Crippen LogP) is 1.20. The van der Waals surface area contributed by atoms with Gasteiger partial charge in [0.15, 0.2) is 0 Å². The molecule has 0 saturated carbocycles. The zero-order valence-corrected chi connectivity index (χ0v) is 11.2. The molecule has 0 atom stereocenters. The van der Waals surface area contributed by atoms with Crippen molar-refractivity contribution in [1.82, 2.24) is 9.62 Å². The maximum atomic E-state index is 11.7.